The molecule has 0 aliphatic rings. The van der Waals surface area contributed by atoms with Gasteiger partial charge in [-0.2, -0.15) is 0 Å². The van der Waals surface area contributed by atoms with Crippen LogP contribution in [0.1, 0.15) is 18.4 Å². The quantitative estimate of drug-likeness (QED) is 0.405. The Morgan fingerprint density at radius 2 is 1.84 bits per heavy atom. The number of benzene rings is 2. The Kier molecular flexibility index (Phi) is 7.63. The molecular formula is C19H23NO4S. The molecule has 1 atom stereocenters. The summed E-state index contributed by atoms with van der Waals surface area (Å²) in [6, 6.07) is 15.8. The zero-order valence-corrected chi connectivity index (χ0v) is 15.2. The minimum absolute atomic E-state index is 0.0328. The van der Waals surface area contributed by atoms with Crippen LogP contribution in [-0.2, 0) is 11.2 Å². The van der Waals surface area contributed by atoms with Crippen molar-refractivity contribution in [2.24, 2.45) is 0 Å². The molecule has 0 saturated carbocycles. The Bertz CT molecular complexity index is 678. The van der Waals surface area contributed by atoms with Gasteiger partial charge < -0.3 is 9.47 Å². The molecule has 0 aromatic heterocycles. The zero-order chi connectivity index (χ0) is 18.1. The third-order valence-electron chi connectivity index (χ3n) is 3.79. The molecule has 0 heterocycles. The Morgan fingerprint density at radius 3 is 2.48 bits per heavy atom. The molecule has 0 bridgehead atoms. The van der Waals surface area contributed by atoms with E-state index >= 15 is 0 Å². The summed E-state index contributed by atoms with van der Waals surface area (Å²) in [4.78, 5) is 12.6. The summed E-state index contributed by atoms with van der Waals surface area (Å²) in [6.07, 6.45) is 1.92. The summed E-state index contributed by atoms with van der Waals surface area (Å²) in [7, 11) is 3.19. The zero-order valence-electron chi connectivity index (χ0n) is 14.4. The van der Waals surface area contributed by atoms with Gasteiger partial charge in [0, 0.05) is 16.6 Å². The first-order valence-electron chi connectivity index (χ1n) is 8.01. The molecule has 0 spiro atoms. The van der Waals surface area contributed by atoms with Gasteiger partial charge >= 0.3 is 0 Å². The number of hydroxylamine groups is 1. The van der Waals surface area contributed by atoms with Gasteiger partial charge in [-0.1, -0.05) is 30.3 Å². The van der Waals surface area contributed by atoms with Crippen LogP contribution in [0, 0.1) is 0 Å². The lowest BCUT2D eigenvalue weighted by atomic mass is 10.1. The standard InChI is InChI=1S/C19H23NO4S/c1-23-17-11-10-15(12-18(17)24-2)25-16(13-19(21)20-22)9-8-14-6-4-3-5-7-14/h3-7,10-12,16,22H,8-9,13H2,1-2H3,(H,20,21). The van der Waals surface area contributed by atoms with Gasteiger partial charge in [-0.15, -0.1) is 11.8 Å². The van der Waals surface area contributed by atoms with Crippen LogP contribution < -0.4 is 15.0 Å². The van der Waals surface area contributed by atoms with Gasteiger partial charge in [-0.25, -0.2) is 5.48 Å². The van der Waals surface area contributed by atoms with Crippen LogP contribution in [0.5, 0.6) is 11.5 Å². The molecule has 2 aromatic carbocycles. The second kappa shape index (κ2) is 9.96. The average molecular weight is 361 g/mol. The van der Waals surface area contributed by atoms with Crippen LogP contribution in [0.25, 0.3) is 0 Å². The van der Waals surface area contributed by atoms with E-state index in [0.29, 0.717) is 11.5 Å². The minimum atomic E-state index is -0.383. The van der Waals surface area contributed by atoms with Crippen LogP contribution in [0.2, 0.25) is 0 Å². The molecule has 1 amide bonds. The lowest BCUT2D eigenvalue weighted by Crippen LogP contribution is -2.23. The number of nitrogens with one attached hydrogen (secondary N) is 1. The molecule has 0 fully saturated rings. The van der Waals surface area contributed by atoms with Crippen molar-refractivity contribution < 1.29 is 19.5 Å². The van der Waals surface area contributed by atoms with E-state index in [1.165, 1.54) is 5.56 Å². The minimum Gasteiger partial charge on any atom is -0.493 e. The van der Waals surface area contributed by atoms with Crippen LogP contribution in [0.4, 0.5) is 0 Å². The number of hydrogen-bond donors (Lipinski definition) is 2. The molecule has 2 N–H and O–H groups in total. The highest BCUT2D eigenvalue weighted by Crippen LogP contribution is 2.35. The first-order chi connectivity index (χ1) is 12.2. The number of amides is 1. The monoisotopic (exact) mass is 361 g/mol. The Hall–Kier alpha value is -2.18. The second-order valence-corrected chi connectivity index (χ2v) is 6.89. The van der Waals surface area contributed by atoms with E-state index in [-0.39, 0.29) is 17.6 Å². The highest BCUT2D eigenvalue weighted by molar-refractivity contribution is 8.00. The van der Waals surface area contributed by atoms with Crippen molar-refractivity contribution in [3.63, 3.8) is 0 Å². The number of aryl methyl sites for hydroxylation is 1. The van der Waals surface area contributed by atoms with Crippen LogP contribution >= 0.6 is 11.8 Å². The van der Waals surface area contributed by atoms with Gasteiger partial charge in [0.25, 0.3) is 0 Å². The number of rotatable bonds is 9. The molecule has 0 saturated heterocycles. The van der Waals surface area contributed by atoms with Crippen LogP contribution in [0.15, 0.2) is 53.4 Å². The molecule has 5 nitrogen and oxygen atoms in total. The topological polar surface area (TPSA) is 67.8 Å². The van der Waals surface area contributed by atoms with Crippen molar-refractivity contribution in [2.75, 3.05) is 14.2 Å². The molecule has 6 heteroatoms. The molecule has 0 aliphatic heterocycles. The number of carbonyl (C=O) groups excluding carboxylic acids is 1. The van der Waals surface area contributed by atoms with E-state index in [4.69, 9.17) is 14.7 Å². The largest absolute Gasteiger partial charge is 0.493 e. The molecule has 2 rings (SSSR count). The van der Waals surface area contributed by atoms with Crippen molar-refractivity contribution in [2.45, 2.75) is 29.4 Å². The fourth-order valence-corrected chi connectivity index (χ4v) is 3.69. The third kappa shape index (κ3) is 5.99. The van der Waals surface area contributed by atoms with E-state index in [0.717, 1.165) is 17.7 Å². The normalized spacial score (nSPS) is 11.6. The fraction of sp³-hybridized carbons (Fsp3) is 0.316. The Balaban J connectivity index is 2.08. The predicted octanol–water partition coefficient (Wildman–Crippen LogP) is 3.69. The highest BCUT2D eigenvalue weighted by Gasteiger charge is 2.16. The molecular weight excluding hydrogens is 338 g/mol. The van der Waals surface area contributed by atoms with Crippen molar-refractivity contribution in [1.82, 2.24) is 5.48 Å². The number of hydrogen-bond acceptors (Lipinski definition) is 5. The van der Waals surface area contributed by atoms with Gasteiger partial charge in [-0.3, -0.25) is 10.0 Å². The Labute approximate surface area is 152 Å². The molecule has 0 aliphatic carbocycles. The number of thioether (sulfide) groups is 1. The number of methoxy groups -OCH3 is 2. The summed E-state index contributed by atoms with van der Waals surface area (Å²) in [5.41, 5.74) is 2.95. The summed E-state index contributed by atoms with van der Waals surface area (Å²) in [6.45, 7) is 0. The van der Waals surface area contributed by atoms with E-state index < -0.39 is 0 Å². The van der Waals surface area contributed by atoms with Crippen LogP contribution in [-0.4, -0.2) is 30.6 Å². The molecule has 2 aromatic rings. The van der Waals surface area contributed by atoms with Crippen molar-refractivity contribution in [3.05, 3.63) is 54.1 Å². The first-order valence-corrected chi connectivity index (χ1v) is 8.89. The van der Waals surface area contributed by atoms with E-state index in [2.05, 4.69) is 12.1 Å². The summed E-state index contributed by atoms with van der Waals surface area (Å²) >= 11 is 1.59. The van der Waals surface area contributed by atoms with E-state index in [1.54, 1.807) is 31.5 Å². The first kappa shape index (κ1) is 19.1. The molecule has 25 heavy (non-hydrogen) atoms. The maximum Gasteiger partial charge on any atom is 0.244 e. The maximum atomic E-state index is 11.6. The number of carbonyl (C=O) groups is 1. The van der Waals surface area contributed by atoms with Gasteiger partial charge in [-0.05, 0) is 36.6 Å². The molecule has 0 radical (unpaired) electrons. The summed E-state index contributed by atoms with van der Waals surface area (Å²) < 4.78 is 10.6. The second-order valence-electron chi connectivity index (χ2n) is 5.52. The van der Waals surface area contributed by atoms with Crippen LogP contribution in [0.3, 0.4) is 0 Å². The maximum absolute atomic E-state index is 11.6. The fourth-order valence-electron chi connectivity index (χ4n) is 2.51. The molecule has 134 valence electrons. The van der Waals surface area contributed by atoms with Gasteiger partial charge in [0.15, 0.2) is 11.5 Å². The van der Waals surface area contributed by atoms with Crippen molar-refractivity contribution in [3.8, 4) is 11.5 Å². The smallest absolute Gasteiger partial charge is 0.244 e. The third-order valence-corrected chi connectivity index (χ3v) is 5.06. The highest BCUT2D eigenvalue weighted by atomic mass is 32.2. The SMILES string of the molecule is COc1ccc(SC(CCc2ccccc2)CC(=O)NO)cc1OC. The number of ether oxygens (including phenoxy) is 2. The van der Waals surface area contributed by atoms with Crippen molar-refractivity contribution in [1.29, 1.82) is 0 Å². The van der Waals surface area contributed by atoms with E-state index in [1.807, 2.05) is 36.4 Å². The van der Waals surface area contributed by atoms with E-state index in [9.17, 15) is 4.79 Å². The lowest BCUT2D eigenvalue weighted by Gasteiger charge is -2.17. The predicted molar refractivity (Wildman–Crippen MR) is 98.5 cm³/mol. The Morgan fingerprint density at radius 1 is 1.12 bits per heavy atom. The summed E-state index contributed by atoms with van der Waals surface area (Å²) in [5.74, 6) is 0.938. The summed E-state index contributed by atoms with van der Waals surface area (Å²) in [5, 5.41) is 8.87. The lowest BCUT2D eigenvalue weighted by molar-refractivity contribution is -0.129. The molecule has 1 unspecified atom stereocenters. The van der Waals surface area contributed by atoms with Crippen molar-refractivity contribution >= 4 is 17.7 Å². The van der Waals surface area contributed by atoms with Gasteiger partial charge in [0.2, 0.25) is 5.91 Å². The van der Waals surface area contributed by atoms with Gasteiger partial charge in [0.05, 0.1) is 14.2 Å². The average Bonchev–Trinajstić information content (AvgIpc) is 2.66. The van der Waals surface area contributed by atoms with Gasteiger partial charge in [0.1, 0.15) is 0 Å².